The Bertz CT molecular complexity index is 845. The van der Waals surface area contributed by atoms with Crippen LogP contribution in [0.2, 0.25) is 10.0 Å². The van der Waals surface area contributed by atoms with E-state index in [1.54, 1.807) is 35.3 Å². The molecule has 1 amide bonds. The molecule has 0 aliphatic carbocycles. The molecule has 6 heteroatoms. The molecule has 0 unspecified atom stereocenters. The van der Waals surface area contributed by atoms with Crippen LogP contribution in [0.5, 0.6) is 0 Å². The van der Waals surface area contributed by atoms with Crippen LogP contribution in [0.15, 0.2) is 60.9 Å². The first-order valence-electron chi connectivity index (χ1n) is 6.94. The van der Waals surface area contributed by atoms with Gasteiger partial charge in [-0.05, 0) is 29.8 Å². The monoisotopic (exact) mass is 345 g/mol. The Morgan fingerprint density at radius 2 is 1.96 bits per heavy atom. The van der Waals surface area contributed by atoms with Crippen LogP contribution in [0.1, 0.15) is 15.9 Å². The lowest BCUT2D eigenvalue weighted by molar-refractivity contribution is 0.102. The van der Waals surface area contributed by atoms with Crippen LogP contribution in [0.4, 0.5) is 5.69 Å². The number of aromatic nitrogens is 2. The number of carbonyl (C=O) groups excluding carboxylic acids is 1. The Morgan fingerprint density at radius 3 is 2.70 bits per heavy atom. The van der Waals surface area contributed by atoms with E-state index in [2.05, 4.69) is 10.4 Å². The third kappa shape index (κ3) is 3.92. The van der Waals surface area contributed by atoms with E-state index in [4.69, 9.17) is 23.2 Å². The lowest BCUT2D eigenvalue weighted by atomic mass is 10.1. The molecule has 0 bridgehead atoms. The maximum atomic E-state index is 12.4. The van der Waals surface area contributed by atoms with Gasteiger partial charge in [-0.3, -0.25) is 9.48 Å². The summed E-state index contributed by atoms with van der Waals surface area (Å²) in [5.74, 6) is -0.210. The molecule has 0 spiro atoms. The second-order valence-corrected chi connectivity index (χ2v) is 5.83. The Kier molecular flexibility index (Phi) is 4.65. The largest absolute Gasteiger partial charge is 0.321 e. The SMILES string of the molecule is O=C(Nc1ccccc1Cl)c1cccc(Cn2cc(Cl)cn2)c1. The molecule has 0 saturated heterocycles. The molecular weight excluding hydrogens is 333 g/mol. The number of halogens is 2. The van der Waals surface area contributed by atoms with Crippen molar-refractivity contribution in [3.8, 4) is 0 Å². The molecule has 4 nitrogen and oxygen atoms in total. The zero-order valence-electron chi connectivity index (χ0n) is 12.0. The van der Waals surface area contributed by atoms with Gasteiger partial charge in [0.2, 0.25) is 0 Å². The van der Waals surface area contributed by atoms with Crippen molar-refractivity contribution in [3.63, 3.8) is 0 Å². The van der Waals surface area contributed by atoms with Gasteiger partial charge in [0.15, 0.2) is 0 Å². The first-order chi connectivity index (χ1) is 11.1. The first-order valence-corrected chi connectivity index (χ1v) is 7.70. The lowest BCUT2D eigenvalue weighted by Crippen LogP contribution is -2.12. The number of rotatable bonds is 4. The van der Waals surface area contributed by atoms with Crippen molar-refractivity contribution < 1.29 is 4.79 Å². The molecule has 1 heterocycles. The Labute approximate surface area is 143 Å². The molecule has 1 aromatic heterocycles. The van der Waals surface area contributed by atoms with Gasteiger partial charge in [-0.25, -0.2) is 0 Å². The van der Waals surface area contributed by atoms with E-state index in [1.807, 2.05) is 30.3 Å². The van der Waals surface area contributed by atoms with Gasteiger partial charge in [0.25, 0.3) is 5.91 Å². The summed E-state index contributed by atoms with van der Waals surface area (Å²) in [6.07, 6.45) is 3.31. The number of nitrogens with zero attached hydrogens (tertiary/aromatic N) is 2. The molecule has 0 fully saturated rings. The summed E-state index contributed by atoms with van der Waals surface area (Å²) in [5.41, 5.74) is 2.10. The van der Waals surface area contributed by atoms with E-state index < -0.39 is 0 Å². The number of hydrogen-bond donors (Lipinski definition) is 1. The van der Waals surface area contributed by atoms with Crippen LogP contribution < -0.4 is 5.32 Å². The van der Waals surface area contributed by atoms with Crippen LogP contribution in [0.25, 0.3) is 0 Å². The van der Waals surface area contributed by atoms with Crippen molar-refractivity contribution in [2.24, 2.45) is 0 Å². The highest BCUT2D eigenvalue weighted by molar-refractivity contribution is 6.33. The fourth-order valence-electron chi connectivity index (χ4n) is 2.18. The standard InChI is InChI=1S/C17H13Cl2N3O/c18-14-9-20-22(11-14)10-12-4-3-5-13(8-12)17(23)21-16-7-2-1-6-15(16)19/h1-9,11H,10H2,(H,21,23). The van der Waals surface area contributed by atoms with Gasteiger partial charge in [0, 0.05) is 11.8 Å². The molecule has 0 aliphatic rings. The third-order valence-electron chi connectivity index (χ3n) is 3.26. The van der Waals surface area contributed by atoms with Gasteiger partial charge < -0.3 is 5.32 Å². The molecular formula is C17H13Cl2N3O. The Hall–Kier alpha value is -2.30. The summed E-state index contributed by atoms with van der Waals surface area (Å²) in [7, 11) is 0. The summed E-state index contributed by atoms with van der Waals surface area (Å²) in [6, 6.07) is 14.5. The average Bonchev–Trinajstić information content (AvgIpc) is 2.95. The highest BCUT2D eigenvalue weighted by Crippen LogP contribution is 2.21. The van der Waals surface area contributed by atoms with Crippen molar-refractivity contribution in [2.75, 3.05) is 5.32 Å². The molecule has 0 aliphatic heterocycles. The molecule has 1 N–H and O–H groups in total. The molecule has 23 heavy (non-hydrogen) atoms. The van der Waals surface area contributed by atoms with Gasteiger partial charge in [-0.15, -0.1) is 0 Å². The van der Waals surface area contributed by atoms with Crippen molar-refractivity contribution in [3.05, 3.63) is 82.1 Å². The van der Waals surface area contributed by atoms with Crippen LogP contribution in [0, 0.1) is 0 Å². The summed E-state index contributed by atoms with van der Waals surface area (Å²) < 4.78 is 1.72. The van der Waals surface area contributed by atoms with Crippen LogP contribution in [-0.2, 0) is 6.54 Å². The van der Waals surface area contributed by atoms with Crippen molar-refractivity contribution in [1.29, 1.82) is 0 Å². The van der Waals surface area contributed by atoms with Crippen LogP contribution in [-0.4, -0.2) is 15.7 Å². The quantitative estimate of drug-likeness (QED) is 0.757. The first kappa shape index (κ1) is 15.6. The number of nitrogens with one attached hydrogen (secondary N) is 1. The number of para-hydroxylation sites is 1. The van der Waals surface area contributed by atoms with E-state index in [1.165, 1.54) is 0 Å². The molecule has 3 rings (SSSR count). The van der Waals surface area contributed by atoms with Gasteiger partial charge >= 0.3 is 0 Å². The minimum absolute atomic E-state index is 0.210. The van der Waals surface area contributed by atoms with E-state index in [9.17, 15) is 4.79 Å². The fourth-order valence-corrected chi connectivity index (χ4v) is 2.52. The van der Waals surface area contributed by atoms with Crippen LogP contribution >= 0.6 is 23.2 Å². The number of carbonyl (C=O) groups is 1. The summed E-state index contributed by atoms with van der Waals surface area (Å²) in [6.45, 7) is 0.542. The smallest absolute Gasteiger partial charge is 0.255 e. The molecule has 0 saturated carbocycles. The van der Waals surface area contributed by atoms with Gasteiger partial charge in [0.1, 0.15) is 0 Å². The zero-order valence-corrected chi connectivity index (χ0v) is 13.6. The normalized spacial score (nSPS) is 10.5. The van der Waals surface area contributed by atoms with E-state index in [0.29, 0.717) is 27.8 Å². The Balaban J connectivity index is 1.76. The van der Waals surface area contributed by atoms with Crippen molar-refractivity contribution in [1.82, 2.24) is 9.78 Å². The van der Waals surface area contributed by atoms with Gasteiger partial charge in [-0.2, -0.15) is 5.10 Å². The van der Waals surface area contributed by atoms with Crippen molar-refractivity contribution in [2.45, 2.75) is 6.54 Å². The second kappa shape index (κ2) is 6.86. The van der Waals surface area contributed by atoms with E-state index in [-0.39, 0.29) is 5.91 Å². The van der Waals surface area contributed by atoms with Crippen LogP contribution in [0.3, 0.4) is 0 Å². The fraction of sp³-hybridized carbons (Fsp3) is 0.0588. The molecule has 2 aromatic carbocycles. The van der Waals surface area contributed by atoms with E-state index >= 15 is 0 Å². The summed E-state index contributed by atoms with van der Waals surface area (Å²) in [4.78, 5) is 12.4. The average molecular weight is 346 g/mol. The maximum Gasteiger partial charge on any atom is 0.255 e. The maximum absolute atomic E-state index is 12.4. The second-order valence-electron chi connectivity index (χ2n) is 4.99. The summed E-state index contributed by atoms with van der Waals surface area (Å²) >= 11 is 11.9. The van der Waals surface area contributed by atoms with Gasteiger partial charge in [-0.1, -0.05) is 47.5 Å². The van der Waals surface area contributed by atoms with Crippen molar-refractivity contribution >= 4 is 34.8 Å². The predicted octanol–water partition coefficient (Wildman–Crippen LogP) is 4.49. The molecule has 0 atom stereocenters. The molecule has 116 valence electrons. The minimum atomic E-state index is -0.210. The molecule has 3 aromatic rings. The summed E-state index contributed by atoms with van der Waals surface area (Å²) in [5, 5.41) is 8.02. The minimum Gasteiger partial charge on any atom is -0.321 e. The highest BCUT2D eigenvalue weighted by Gasteiger charge is 2.09. The number of hydrogen-bond acceptors (Lipinski definition) is 2. The number of benzene rings is 2. The predicted molar refractivity (Wildman–Crippen MR) is 92.2 cm³/mol. The Morgan fingerprint density at radius 1 is 1.13 bits per heavy atom. The highest BCUT2D eigenvalue weighted by atomic mass is 35.5. The third-order valence-corrected chi connectivity index (χ3v) is 3.78. The molecule has 0 radical (unpaired) electrons. The number of amides is 1. The lowest BCUT2D eigenvalue weighted by Gasteiger charge is -2.08. The van der Waals surface area contributed by atoms with E-state index in [0.717, 1.165) is 5.56 Å². The van der Waals surface area contributed by atoms with Gasteiger partial charge in [0.05, 0.1) is 28.5 Å². The topological polar surface area (TPSA) is 46.9 Å². The zero-order chi connectivity index (χ0) is 16.2. The number of anilines is 1.